The fraction of sp³-hybridized carbons (Fsp3) is 0.316. The molecule has 0 aliphatic carbocycles. The Labute approximate surface area is 148 Å². The minimum Gasteiger partial charge on any atom is -0.394 e. The monoisotopic (exact) mass is 356 g/mol. The largest absolute Gasteiger partial charge is 0.394 e. The highest BCUT2D eigenvalue weighted by atomic mass is 32.2. The van der Waals surface area contributed by atoms with Gasteiger partial charge in [-0.2, -0.15) is 0 Å². The van der Waals surface area contributed by atoms with E-state index in [9.17, 15) is 13.5 Å². The first-order valence-corrected chi connectivity index (χ1v) is 10.0. The van der Waals surface area contributed by atoms with E-state index in [4.69, 9.17) is 0 Å². The van der Waals surface area contributed by atoms with Crippen LogP contribution >= 0.6 is 0 Å². The van der Waals surface area contributed by atoms with Crippen molar-refractivity contribution in [1.29, 1.82) is 0 Å². The Morgan fingerprint density at radius 1 is 1.16 bits per heavy atom. The molecule has 1 unspecified atom stereocenters. The number of aliphatic hydroxyl groups excluding tert-OH is 1. The summed E-state index contributed by atoms with van der Waals surface area (Å²) in [6, 6.07) is 10.5. The predicted octanol–water partition coefficient (Wildman–Crippen LogP) is 1.85. The van der Waals surface area contributed by atoms with Crippen LogP contribution in [0.2, 0.25) is 0 Å². The van der Waals surface area contributed by atoms with Crippen molar-refractivity contribution >= 4 is 15.7 Å². The molecular formula is C19H20N2O3S. The van der Waals surface area contributed by atoms with Crippen molar-refractivity contribution in [2.24, 2.45) is 0 Å². The van der Waals surface area contributed by atoms with Crippen LogP contribution in [-0.4, -0.2) is 44.0 Å². The van der Waals surface area contributed by atoms with Crippen LogP contribution in [0.25, 0.3) is 0 Å². The molecule has 1 aliphatic heterocycles. The molecule has 1 fully saturated rings. The van der Waals surface area contributed by atoms with Crippen molar-refractivity contribution in [3.8, 4) is 11.8 Å². The second-order valence-electron chi connectivity index (χ2n) is 6.12. The van der Waals surface area contributed by atoms with Crippen LogP contribution in [0.5, 0.6) is 0 Å². The number of anilines is 1. The molecule has 3 rings (SSSR count). The highest BCUT2D eigenvalue weighted by Crippen LogP contribution is 2.23. The Balaban J connectivity index is 1.73. The van der Waals surface area contributed by atoms with E-state index in [0.717, 1.165) is 36.3 Å². The summed E-state index contributed by atoms with van der Waals surface area (Å²) in [5, 5.41) is 9.40. The number of benzene rings is 1. The molecule has 0 amide bonds. The van der Waals surface area contributed by atoms with E-state index in [1.807, 2.05) is 12.1 Å². The summed E-state index contributed by atoms with van der Waals surface area (Å²) < 4.78 is 22.9. The standard InChI is InChI=1S/C19H20N2O3S/c1-25(23,24)18-9-6-15(7-10-18)4-5-16-8-11-19(20-13-16)21-12-2-3-17(21)14-22/h6-11,13,17,22H,2-3,12,14H2,1H3. The molecule has 0 spiro atoms. The van der Waals surface area contributed by atoms with Crippen molar-refractivity contribution < 1.29 is 13.5 Å². The SMILES string of the molecule is CS(=O)(=O)c1ccc(C#Cc2ccc(N3CCCC3CO)nc2)cc1. The predicted molar refractivity (Wildman–Crippen MR) is 97.2 cm³/mol. The number of rotatable bonds is 3. The fourth-order valence-electron chi connectivity index (χ4n) is 2.89. The quantitative estimate of drug-likeness (QED) is 0.850. The molecule has 0 radical (unpaired) electrons. The van der Waals surface area contributed by atoms with E-state index in [1.54, 1.807) is 30.5 Å². The van der Waals surface area contributed by atoms with Gasteiger partial charge >= 0.3 is 0 Å². The van der Waals surface area contributed by atoms with E-state index in [-0.39, 0.29) is 17.5 Å². The number of nitrogens with zero attached hydrogens (tertiary/aromatic N) is 2. The Hall–Kier alpha value is -2.36. The summed E-state index contributed by atoms with van der Waals surface area (Å²) in [6.07, 6.45) is 4.96. The van der Waals surface area contributed by atoms with Crippen LogP contribution < -0.4 is 4.90 Å². The molecule has 5 nitrogen and oxygen atoms in total. The van der Waals surface area contributed by atoms with Crippen LogP contribution in [0.1, 0.15) is 24.0 Å². The third kappa shape index (κ3) is 4.19. The normalized spacial score (nSPS) is 17.2. The summed E-state index contributed by atoms with van der Waals surface area (Å²) in [5.41, 5.74) is 1.53. The lowest BCUT2D eigenvalue weighted by molar-refractivity contribution is 0.266. The van der Waals surface area contributed by atoms with Crippen molar-refractivity contribution in [3.05, 3.63) is 53.7 Å². The van der Waals surface area contributed by atoms with E-state index < -0.39 is 9.84 Å². The Bertz CT molecular complexity index is 894. The molecule has 0 bridgehead atoms. The molecule has 1 aliphatic rings. The molecule has 0 saturated carbocycles. The maximum Gasteiger partial charge on any atom is 0.175 e. The molecular weight excluding hydrogens is 336 g/mol. The molecule has 1 atom stereocenters. The van der Waals surface area contributed by atoms with Gasteiger partial charge in [-0.15, -0.1) is 0 Å². The number of aromatic nitrogens is 1. The summed E-state index contributed by atoms with van der Waals surface area (Å²) in [6.45, 7) is 1.06. The van der Waals surface area contributed by atoms with Gasteiger partial charge in [0.05, 0.1) is 17.5 Å². The van der Waals surface area contributed by atoms with Crippen LogP contribution in [-0.2, 0) is 9.84 Å². The van der Waals surface area contributed by atoms with Gasteiger partial charge in [0.2, 0.25) is 0 Å². The van der Waals surface area contributed by atoms with Gasteiger partial charge in [-0.25, -0.2) is 13.4 Å². The summed E-state index contributed by atoms with van der Waals surface area (Å²) >= 11 is 0. The molecule has 1 aromatic heterocycles. The second-order valence-corrected chi connectivity index (χ2v) is 8.14. The average molecular weight is 356 g/mol. The van der Waals surface area contributed by atoms with Gasteiger partial charge in [-0.05, 0) is 49.2 Å². The summed E-state index contributed by atoms with van der Waals surface area (Å²) in [4.78, 5) is 6.86. The molecule has 1 N–H and O–H groups in total. The highest BCUT2D eigenvalue weighted by molar-refractivity contribution is 7.90. The number of sulfone groups is 1. The van der Waals surface area contributed by atoms with Crippen molar-refractivity contribution in [1.82, 2.24) is 4.98 Å². The van der Waals surface area contributed by atoms with E-state index in [2.05, 4.69) is 21.7 Å². The van der Waals surface area contributed by atoms with E-state index >= 15 is 0 Å². The summed E-state index contributed by atoms with van der Waals surface area (Å²) in [5.74, 6) is 6.90. The lowest BCUT2D eigenvalue weighted by atomic mass is 10.2. The van der Waals surface area contributed by atoms with Crippen molar-refractivity contribution in [2.45, 2.75) is 23.8 Å². The number of aliphatic hydroxyl groups is 1. The lowest BCUT2D eigenvalue weighted by Gasteiger charge is -2.23. The topological polar surface area (TPSA) is 70.5 Å². The third-order valence-corrected chi connectivity index (χ3v) is 5.39. The Morgan fingerprint density at radius 3 is 2.44 bits per heavy atom. The first-order valence-electron chi connectivity index (χ1n) is 8.13. The van der Waals surface area contributed by atoms with E-state index in [0.29, 0.717) is 0 Å². The molecule has 1 aromatic carbocycles. The fourth-order valence-corrected chi connectivity index (χ4v) is 3.52. The van der Waals surface area contributed by atoms with Crippen molar-refractivity contribution in [2.75, 3.05) is 24.3 Å². The van der Waals surface area contributed by atoms with Crippen LogP contribution in [0.3, 0.4) is 0 Å². The number of hydrogen-bond acceptors (Lipinski definition) is 5. The molecule has 2 aromatic rings. The van der Waals surface area contributed by atoms with Gasteiger partial charge < -0.3 is 10.0 Å². The number of pyridine rings is 1. The highest BCUT2D eigenvalue weighted by Gasteiger charge is 2.24. The Morgan fingerprint density at radius 2 is 1.84 bits per heavy atom. The van der Waals surface area contributed by atoms with Crippen LogP contribution in [0, 0.1) is 11.8 Å². The minimum atomic E-state index is -3.19. The maximum absolute atomic E-state index is 11.4. The molecule has 25 heavy (non-hydrogen) atoms. The van der Waals surface area contributed by atoms with Gasteiger partial charge in [0.1, 0.15) is 5.82 Å². The molecule has 2 heterocycles. The summed E-state index contributed by atoms with van der Waals surface area (Å²) in [7, 11) is -3.19. The average Bonchev–Trinajstić information content (AvgIpc) is 3.09. The van der Waals surface area contributed by atoms with Crippen LogP contribution in [0.4, 0.5) is 5.82 Å². The van der Waals surface area contributed by atoms with Gasteiger partial charge in [0.25, 0.3) is 0 Å². The van der Waals surface area contributed by atoms with Crippen molar-refractivity contribution in [3.63, 3.8) is 0 Å². The van der Waals surface area contributed by atoms with E-state index in [1.165, 1.54) is 6.26 Å². The molecule has 130 valence electrons. The smallest absolute Gasteiger partial charge is 0.175 e. The second kappa shape index (κ2) is 7.26. The third-order valence-electron chi connectivity index (χ3n) is 4.26. The first kappa shape index (κ1) is 17.5. The number of hydrogen-bond donors (Lipinski definition) is 1. The molecule has 1 saturated heterocycles. The Kier molecular flexibility index (Phi) is 5.07. The lowest BCUT2D eigenvalue weighted by Crippen LogP contribution is -2.32. The van der Waals surface area contributed by atoms with Gasteiger partial charge in [0, 0.05) is 30.1 Å². The first-order chi connectivity index (χ1) is 12.0. The zero-order chi connectivity index (χ0) is 17.9. The van der Waals surface area contributed by atoms with Crippen LogP contribution in [0.15, 0.2) is 47.5 Å². The minimum absolute atomic E-state index is 0.146. The zero-order valence-corrected chi connectivity index (χ0v) is 14.8. The van der Waals surface area contributed by atoms with Gasteiger partial charge in [0.15, 0.2) is 9.84 Å². The van der Waals surface area contributed by atoms with Gasteiger partial charge in [-0.1, -0.05) is 11.8 Å². The zero-order valence-electron chi connectivity index (χ0n) is 14.0. The van der Waals surface area contributed by atoms with Gasteiger partial charge in [-0.3, -0.25) is 0 Å². The maximum atomic E-state index is 11.4. The molecule has 6 heteroatoms.